The molecule has 0 unspecified atom stereocenters. The Labute approximate surface area is 46.3 Å². The van der Waals surface area contributed by atoms with Gasteiger partial charge in [0.15, 0.2) is 0 Å². The van der Waals surface area contributed by atoms with Crippen molar-refractivity contribution in [2.24, 2.45) is 0 Å². The molecule has 0 aromatic rings. The van der Waals surface area contributed by atoms with E-state index in [2.05, 4.69) is 10.6 Å². The van der Waals surface area contributed by atoms with E-state index >= 15 is 0 Å². The number of urea groups is 1. The van der Waals surface area contributed by atoms with Gasteiger partial charge in [0.1, 0.15) is 0 Å². The van der Waals surface area contributed by atoms with Gasteiger partial charge in [-0.1, -0.05) is 0 Å². The molecule has 0 bridgehead atoms. The Morgan fingerprint density at radius 2 is 2.12 bits per heavy atom. The van der Waals surface area contributed by atoms with Crippen LogP contribution in [-0.4, -0.2) is 18.5 Å². The van der Waals surface area contributed by atoms with Crippen molar-refractivity contribution in [2.75, 3.05) is 6.54 Å². The minimum absolute atomic E-state index is 0.200. The van der Waals surface area contributed by atoms with E-state index in [1.165, 1.54) is 0 Å². The van der Waals surface area contributed by atoms with Crippen molar-refractivity contribution in [3.8, 4) is 0 Å². The summed E-state index contributed by atoms with van der Waals surface area (Å²) in [6.07, 6.45) is 0.395. The monoisotopic (exact) mass is 120 g/mol. The highest BCUT2D eigenvalue weighted by molar-refractivity contribution is 5.96. The van der Waals surface area contributed by atoms with Crippen LogP contribution in [0.2, 0.25) is 0 Å². The summed E-state index contributed by atoms with van der Waals surface area (Å²) in [5.74, 6) is -0.200. The van der Waals surface area contributed by atoms with E-state index in [9.17, 15) is 9.59 Å². The molecular formula is C4H6N2O2. The Morgan fingerprint density at radius 1 is 1.38 bits per heavy atom. The summed E-state index contributed by atoms with van der Waals surface area (Å²) in [4.78, 5) is 20.5. The quantitative estimate of drug-likeness (QED) is 0.325. The van der Waals surface area contributed by atoms with Crippen molar-refractivity contribution in [1.29, 1.82) is 0 Å². The van der Waals surface area contributed by atoms with E-state index in [4.69, 9.17) is 0 Å². The average Bonchev–Trinajstić information content (AvgIpc) is 1.64. The third-order valence-electron chi connectivity index (χ3n) is 0.891. The first-order chi connectivity index (χ1) is 3.79. The van der Waals surface area contributed by atoms with Crippen LogP contribution >= 0.6 is 0 Å². The lowest BCUT2D eigenvalue weighted by Crippen LogP contribution is -2.46. The van der Waals surface area contributed by atoms with Gasteiger partial charge in [-0.15, -0.1) is 0 Å². The first-order valence-corrected chi connectivity index (χ1v) is 2.37. The van der Waals surface area contributed by atoms with Crippen LogP contribution in [-0.2, 0) is 4.79 Å². The number of carbonyl (C=O) groups excluding carboxylic acids is 2. The van der Waals surface area contributed by atoms with Crippen LogP contribution in [0.3, 0.4) is 0 Å². The number of imide groups is 1. The van der Waals surface area contributed by atoms with Gasteiger partial charge >= 0.3 is 6.03 Å². The fourth-order valence-electron chi connectivity index (χ4n) is 0.523. The van der Waals surface area contributed by atoms with E-state index in [1.807, 2.05) is 0 Å². The standard InChI is InChI=1S/C4H6N2O2/c7-3-1-2-5-4(8)6-3/h1-2H2,(H2,5,6,7,8)/i1+1,2+1,3+1,4+1,5+1,6+1. The summed E-state index contributed by atoms with van der Waals surface area (Å²) < 4.78 is 0. The Balaban J connectivity index is 2.45. The smallest absolute Gasteiger partial charge is 0.321 e. The maximum atomic E-state index is 10.3. The van der Waals surface area contributed by atoms with Crippen molar-refractivity contribution in [1.82, 2.24) is 10.6 Å². The number of rotatable bonds is 0. The van der Waals surface area contributed by atoms with Crippen LogP contribution < -0.4 is 10.6 Å². The van der Waals surface area contributed by atoms with E-state index in [0.29, 0.717) is 13.0 Å². The summed E-state index contributed by atoms with van der Waals surface area (Å²) in [6.45, 7) is 0.463. The summed E-state index contributed by atoms with van der Waals surface area (Å²) in [6, 6.07) is -0.388. The summed E-state index contributed by atoms with van der Waals surface area (Å²) in [7, 11) is 0. The zero-order valence-corrected chi connectivity index (χ0v) is 4.23. The normalized spacial score (nSPS) is 19.5. The van der Waals surface area contributed by atoms with Crippen LogP contribution in [0.1, 0.15) is 6.42 Å². The Hall–Kier alpha value is -1.06. The predicted octanol–water partition coefficient (Wildman–Crippen LogP) is -0.784. The lowest BCUT2D eigenvalue weighted by molar-refractivity contribution is -0.120. The third kappa shape index (κ3) is 0.959. The van der Waals surface area contributed by atoms with Crippen molar-refractivity contribution in [2.45, 2.75) is 6.42 Å². The highest BCUT2D eigenvalue weighted by atomic mass is 16.4. The minimum Gasteiger partial charge on any atom is -0.337 e. The minimum atomic E-state index is -0.388. The van der Waals surface area contributed by atoms with Crippen LogP contribution in [0.15, 0.2) is 0 Å². The molecule has 1 saturated heterocycles. The van der Waals surface area contributed by atoms with Crippen LogP contribution in [0.25, 0.3) is 0 Å². The van der Waals surface area contributed by atoms with Crippen molar-refractivity contribution < 1.29 is 9.59 Å². The van der Waals surface area contributed by atoms with Gasteiger partial charge in [0.25, 0.3) is 0 Å². The van der Waals surface area contributed by atoms with Gasteiger partial charge in [-0.2, -0.15) is 0 Å². The number of nitrogens with one attached hydrogen (secondary N) is 2. The molecule has 1 rings (SSSR count). The molecule has 0 atom stereocenters. The molecule has 0 spiro atoms. The highest BCUT2D eigenvalue weighted by Crippen LogP contribution is 1.82. The third-order valence-corrected chi connectivity index (χ3v) is 0.891. The molecular weight excluding hydrogens is 114 g/mol. The van der Waals surface area contributed by atoms with E-state index in [1.54, 1.807) is 0 Å². The maximum absolute atomic E-state index is 10.3. The largest absolute Gasteiger partial charge is 0.337 e. The number of hydrogen-bond donors (Lipinski definition) is 2. The van der Waals surface area contributed by atoms with Gasteiger partial charge < -0.3 is 5.32 Å². The fourth-order valence-corrected chi connectivity index (χ4v) is 0.523. The molecule has 44 valence electrons. The molecule has 4 nitrogen and oxygen atoms in total. The first kappa shape index (κ1) is 5.08. The van der Waals surface area contributed by atoms with Crippen molar-refractivity contribution >= 4 is 11.9 Å². The van der Waals surface area contributed by atoms with Gasteiger partial charge in [-0.3, -0.25) is 10.1 Å². The molecule has 0 radical (unpaired) electrons. The van der Waals surface area contributed by atoms with Gasteiger partial charge in [0.2, 0.25) is 5.91 Å². The SMILES string of the molecule is O=[13C]1[13CH2][13CH2][15NH][13C](=O)[15NH]1. The van der Waals surface area contributed by atoms with Crippen LogP contribution in [0.4, 0.5) is 4.79 Å². The molecule has 0 aliphatic carbocycles. The number of carbonyl (C=O) groups is 2. The molecule has 3 amide bonds. The van der Waals surface area contributed by atoms with Gasteiger partial charge in [-0.05, 0) is 0 Å². The van der Waals surface area contributed by atoms with Gasteiger partial charge in [0, 0.05) is 13.0 Å². The van der Waals surface area contributed by atoms with E-state index < -0.39 is 0 Å². The van der Waals surface area contributed by atoms with Gasteiger partial charge in [-0.25, -0.2) is 4.79 Å². The highest BCUT2D eigenvalue weighted by Gasteiger charge is 2.11. The number of amides is 3. The zero-order chi connectivity index (χ0) is 5.98. The average molecular weight is 120 g/mol. The molecule has 2 N–H and O–H groups in total. The van der Waals surface area contributed by atoms with Crippen LogP contribution in [0, 0.1) is 0 Å². The molecule has 1 heterocycles. The second-order valence-electron chi connectivity index (χ2n) is 1.55. The molecule has 0 saturated carbocycles. The van der Waals surface area contributed by atoms with Crippen molar-refractivity contribution in [3.63, 3.8) is 0 Å². The second-order valence-corrected chi connectivity index (χ2v) is 1.55. The Bertz CT molecular complexity index is 118. The molecule has 8 heavy (non-hydrogen) atoms. The van der Waals surface area contributed by atoms with Crippen molar-refractivity contribution in [3.05, 3.63) is 0 Å². The summed E-state index contributed by atoms with van der Waals surface area (Å²) in [5.41, 5.74) is 0. The molecule has 1 fully saturated rings. The predicted molar refractivity (Wildman–Crippen MR) is 26.2 cm³/mol. The molecule has 0 aromatic heterocycles. The maximum Gasteiger partial charge on any atom is 0.321 e. The lowest BCUT2D eigenvalue weighted by Gasteiger charge is -2.10. The molecule has 4 heteroatoms. The molecule has 0 aromatic carbocycles. The van der Waals surface area contributed by atoms with E-state index in [0.717, 1.165) is 0 Å². The molecule has 1 aliphatic heterocycles. The lowest BCUT2D eigenvalue weighted by atomic mass is 11.3. The summed E-state index contributed by atoms with van der Waals surface area (Å²) >= 11 is 0. The zero-order valence-electron chi connectivity index (χ0n) is 4.23. The Kier molecular flexibility index (Phi) is 1.15. The van der Waals surface area contributed by atoms with Gasteiger partial charge in [0.05, 0.1) is 0 Å². The van der Waals surface area contributed by atoms with E-state index in [-0.39, 0.29) is 11.9 Å². The summed E-state index contributed by atoms with van der Waals surface area (Å²) in [5, 5.41) is 4.53. The second kappa shape index (κ2) is 1.81. The fraction of sp³-hybridized carbons (Fsp3) is 0.500. The topological polar surface area (TPSA) is 58.2 Å². The number of hydrogen-bond acceptors (Lipinski definition) is 2. The van der Waals surface area contributed by atoms with Crippen LogP contribution in [0.5, 0.6) is 0 Å². The Morgan fingerprint density at radius 3 is 2.50 bits per heavy atom. The molecule has 1 aliphatic rings. The first-order valence-electron chi connectivity index (χ1n) is 2.37.